The topological polar surface area (TPSA) is 113 Å². The Morgan fingerprint density at radius 3 is 2.42 bits per heavy atom. The first kappa shape index (κ1) is 17.6. The maximum absolute atomic E-state index is 6.74. The van der Waals surface area contributed by atoms with Gasteiger partial charge in [-0.1, -0.05) is 42.5 Å². The fourth-order valence-electron chi connectivity index (χ4n) is 4.09. The van der Waals surface area contributed by atoms with Crippen molar-refractivity contribution in [2.24, 2.45) is 0 Å². The largest absolute Gasteiger partial charge is 0.384 e. The van der Waals surface area contributed by atoms with Crippen molar-refractivity contribution in [3.05, 3.63) is 60.2 Å². The first-order valence-corrected chi connectivity index (χ1v) is 10.0. The van der Waals surface area contributed by atoms with Gasteiger partial charge in [-0.15, -0.1) is 0 Å². The van der Waals surface area contributed by atoms with Crippen LogP contribution in [0, 0.1) is 0 Å². The van der Waals surface area contributed by atoms with Gasteiger partial charge in [0.25, 0.3) is 0 Å². The second-order valence-corrected chi connectivity index (χ2v) is 7.31. The third kappa shape index (κ3) is 2.59. The lowest BCUT2D eigenvalue weighted by atomic mass is 10.2. The molecule has 9 heteroatoms. The van der Waals surface area contributed by atoms with E-state index in [4.69, 9.17) is 20.3 Å². The number of fused-ring (bicyclic) bond motifs is 3. The fourth-order valence-corrected chi connectivity index (χ4v) is 4.09. The molecule has 0 aliphatic heterocycles. The minimum atomic E-state index is 0.338. The van der Waals surface area contributed by atoms with E-state index in [1.807, 2.05) is 41.0 Å². The van der Waals surface area contributed by atoms with Gasteiger partial charge in [-0.05, 0) is 34.9 Å². The number of aromatic nitrogens is 7. The van der Waals surface area contributed by atoms with E-state index in [-0.39, 0.29) is 0 Å². The summed E-state index contributed by atoms with van der Waals surface area (Å²) >= 11 is 0. The average Bonchev–Trinajstić information content (AvgIpc) is 3.47. The Labute approximate surface area is 176 Å². The maximum Gasteiger partial charge on any atom is 0.245 e. The summed E-state index contributed by atoms with van der Waals surface area (Å²) in [6.45, 7) is 3.37. The van der Waals surface area contributed by atoms with E-state index in [2.05, 4.69) is 45.0 Å². The van der Waals surface area contributed by atoms with Crippen LogP contribution in [0.1, 0.15) is 12.5 Å². The summed E-state index contributed by atoms with van der Waals surface area (Å²) in [6.07, 6.45) is 0. The van der Waals surface area contributed by atoms with E-state index >= 15 is 0 Å². The maximum atomic E-state index is 6.74. The zero-order chi connectivity index (χ0) is 20.9. The third-order valence-electron chi connectivity index (χ3n) is 5.51. The van der Waals surface area contributed by atoms with Crippen molar-refractivity contribution in [1.82, 2.24) is 34.4 Å². The lowest BCUT2D eigenvalue weighted by molar-refractivity contribution is 0.314. The van der Waals surface area contributed by atoms with Crippen molar-refractivity contribution in [1.29, 1.82) is 0 Å². The first-order valence-electron chi connectivity index (χ1n) is 10.0. The van der Waals surface area contributed by atoms with Crippen LogP contribution in [0.2, 0.25) is 0 Å². The molecule has 4 heterocycles. The molecule has 2 N–H and O–H groups in total. The molecule has 4 aromatic heterocycles. The molecule has 0 fully saturated rings. The highest BCUT2D eigenvalue weighted by Gasteiger charge is 2.25. The number of imidazole rings is 1. The van der Waals surface area contributed by atoms with E-state index in [9.17, 15) is 0 Å². The molecule has 0 aliphatic carbocycles. The number of hydrogen-bond acceptors (Lipinski definition) is 7. The molecule has 0 bridgehead atoms. The predicted octanol–water partition coefficient (Wildman–Crippen LogP) is 3.63. The van der Waals surface area contributed by atoms with Gasteiger partial charge in [0.1, 0.15) is 17.2 Å². The van der Waals surface area contributed by atoms with E-state index < -0.39 is 0 Å². The molecule has 0 saturated heterocycles. The van der Waals surface area contributed by atoms with Gasteiger partial charge >= 0.3 is 0 Å². The quantitative estimate of drug-likeness (QED) is 0.472. The van der Waals surface area contributed by atoms with Crippen LogP contribution in [-0.2, 0) is 13.1 Å². The number of hydrogen-bond donors (Lipinski definition) is 1. The van der Waals surface area contributed by atoms with Gasteiger partial charge in [0.2, 0.25) is 11.3 Å². The molecule has 6 aromatic rings. The normalized spacial score (nSPS) is 11.8. The molecular weight excluding hydrogens is 392 g/mol. The molecular formula is C22H18N8O. The minimum Gasteiger partial charge on any atom is -0.384 e. The van der Waals surface area contributed by atoms with Crippen molar-refractivity contribution in [3.8, 4) is 11.4 Å². The molecule has 2 aromatic carbocycles. The van der Waals surface area contributed by atoms with Crippen LogP contribution in [0.25, 0.3) is 44.9 Å². The number of nitrogens with zero attached hydrogens (tertiary/aromatic N) is 7. The van der Waals surface area contributed by atoms with E-state index in [0.717, 1.165) is 34.5 Å². The van der Waals surface area contributed by atoms with Crippen molar-refractivity contribution in [3.63, 3.8) is 0 Å². The molecule has 31 heavy (non-hydrogen) atoms. The monoisotopic (exact) mass is 410 g/mol. The highest BCUT2D eigenvalue weighted by atomic mass is 16.6. The Kier molecular flexibility index (Phi) is 3.76. The molecule has 0 aliphatic rings. The SMILES string of the molecule is CCn1c(-c2c(N)n(Cc3ccccc3)c3nc4nonc4nc23)nc2ccccc21. The van der Waals surface area contributed by atoms with Gasteiger partial charge in [-0.2, -0.15) is 0 Å². The van der Waals surface area contributed by atoms with Gasteiger partial charge in [0.15, 0.2) is 5.65 Å². The number of nitrogen functional groups attached to an aromatic ring is 1. The molecule has 9 nitrogen and oxygen atoms in total. The smallest absolute Gasteiger partial charge is 0.245 e. The van der Waals surface area contributed by atoms with Gasteiger partial charge in [0.05, 0.1) is 23.1 Å². The van der Waals surface area contributed by atoms with Crippen LogP contribution >= 0.6 is 0 Å². The first-order chi connectivity index (χ1) is 15.2. The number of para-hydroxylation sites is 2. The predicted molar refractivity (Wildman–Crippen MR) is 117 cm³/mol. The lowest BCUT2D eigenvalue weighted by Gasteiger charge is -2.09. The summed E-state index contributed by atoms with van der Waals surface area (Å²) in [7, 11) is 0. The number of aryl methyl sites for hydroxylation is 1. The Morgan fingerprint density at radius 1 is 0.871 bits per heavy atom. The van der Waals surface area contributed by atoms with Gasteiger partial charge in [-0.25, -0.2) is 19.6 Å². The van der Waals surface area contributed by atoms with Crippen molar-refractivity contribution >= 4 is 39.3 Å². The van der Waals surface area contributed by atoms with Crippen molar-refractivity contribution < 1.29 is 4.63 Å². The Balaban J connectivity index is 1.69. The summed E-state index contributed by atoms with van der Waals surface area (Å²) in [5.74, 6) is 1.30. The minimum absolute atomic E-state index is 0.338. The summed E-state index contributed by atoms with van der Waals surface area (Å²) in [5, 5.41) is 7.74. The Hall–Kier alpha value is -4.27. The van der Waals surface area contributed by atoms with Crippen LogP contribution in [0.3, 0.4) is 0 Å². The van der Waals surface area contributed by atoms with Crippen molar-refractivity contribution in [2.75, 3.05) is 5.73 Å². The number of anilines is 1. The lowest BCUT2D eigenvalue weighted by Crippen LogP contribution is -2.06. The van der Waals surface area contributed by atoms with E-state index in [0.29, 0.717) is 34.8 Å². The van der Waals surface area contributed by atoms with Crippen LogP contribution in [0.5, 0.6) is 0 Å². The van der Waals surface area contributed by atoms with Gasteiger partial charge in [-0.3, -0.25) is 0 Å². The van der Waals surface area contributed by atoms with E-state index in [1.54, 1.807) is 0 Å². The molecule has 0 spiro atoms. The molecule has 0 saturated carbocycles. The van der Waals surface area contributed by atoms with Crippen LogP contribution in [-0.4, -0.2) is 34.4 Å². The number of rotatable bonds is 4. The number of benzene rings is 2. The molecule has 6 rings (SSSR count). The summed E-state index contributed by atoms with van der Waals surface area (Å²) < 4.78 is 8.93. The van der Waals surface area contributed by atoms with Crippen LogP contribution < -0.4 is 5.73 Å². The van der Waals surface area contributed by atoms with Crippen LogP contribution in [0.4, 0.5) is 5.82 Å². The molecule has 0 radical (unpaired) electrons. The summed E-state index contributed by atoms with van der Waals surface area (Å²) in [5.41, 5.74) is 12.4. The third-order valence-corrected chi connectivity index (χ3v) is 5.51. The van der Waals surface area contributed by atoms with Gasteiger partial charge in [0, 0.05) is 6.54 Å². The summed E-state index contributed by atoms with van der Waals surface area (Å²) in [6, 6.07) is 18.1. The molecule has 0 amide bonds. The Bertz CT molecular complexity index is 1560. The molecule has 0 unspecified atom stereocenters. The van der Waals surface area contributed by atoms with Crippen molar-refractivity contribution in [2.45, 2.75) is 20.0 Å². The highest BCUT2D eigenvalue weighted by Crippen LogP contribution is 2.37. The zero-order valence-corrected chi connectivity index (χ0v) is 16.7. The number of nitrogens with two attached hydrogens (primary N) is 1. The second-order valence-electron chi connectivity index (χ2n) is 7.31. The molecule has 152 valence electrons. The molecule has 0 atom stereocenters. The van der Waals surface area contributed by atoms with Gasteiger partial charge < -0.3 is 14.9 Å². The fraction of sp³-hybridized carbons (Fsp3) is 0.136. The second kappa shape index (κ2) is 6.63. The standard InChI is InChI=1S/C22H18N8O/c1-2-29-15-11-7-6-10-14(15)24-21(29)16-17-22(26-20-19(25-17)27-31-28-20)30(18(16)23)12-13-8-4-3-5-9-13/h3-11H,2,12,23H2,1H3. The average molecular weight is 410 g/mol. The van der Waals surface area contributed by atoms with E-state index in [1.165, 1.54) is 0 Å². The highest BCUT2D eigenvalue weighted by molar-refractivity contribution is 6.00. The van der Waals surface area contributed by atoms with Crippen LogP contribution in [0.15, 0.2) is 59.2 Å². The zero-order valence-electron chi connectivity index (χ0n) is 16.7. The summed E-state index contributed by atoms with van der Waals surface area (Å²) in [4.78, 5) is 14.3. The Morgan fingerprint density at radius 2 is 1.61 bits per heavy atom.